The number of likely N-dealkylation sites (tertiary alicyclic amines) is 1. The van der Waals surface area contributed by atoms with Gasteiger partial charge in [0.2, 0.25) is 17.7 Å². The van der Waals surface area contributed by atoms with Gasteiger partial charge in [0.05, 0.1) is 6.61 Å². The van der Waals surface area contributed by atoms with Crippen molar-refractivity contribution in [3.8, 4) is 5.75 Å². The van der Waals surface area contributed by atoms with Crippen molar-refractivity contribution in [2.75, 3.05) is 36.6 Å². The van der Waals surface area contributed by atoms with E-state index < -0.39 is 11.9 Å². The van der Waals surface area contributed by atoms with Crippen molar-refractivity contribution in [2.24, 2.45) is 5.73 Å². The average Bonchev–Trinajstić information content (AvgIpc) is 3.01. The summed E-state index contributed by atoms with van der Waals surface area (Å²) in [6, 6.07) is 14.9. The first kappa shape index (κ1) is 31.4. The highest BCUT2D eigenvalue weighted by atomic mass is 32.2. The van der Waals surface area contributed by atoms with E-state index in [1.165, 1.54) is 5.56 Å². The van der Waals surface area contributed by atoms with Crippen LogP contribution in [0.25, 0.3) is 0 Å². The number of nitrogens with two attached hydrogens (primary N) is 1. The van der Waals surface area contributed by atoms with Crippen LogP contribution in [0.15, 0.2) is 48.5 Å². The topological polar surface area (TPSA) is 122 Å². The zero-order valence-corrected chi connectivity index (χ0v) is 25.2. The highest BCUT2D eigenvalue weighted by Gasteiger charge is 2.33. The van der Waals surface area contributed by atoms with Crippen molar-refractivity contribution in [1.29, 1.82) is 0 Å². The second kappa shape index (κ2) is 15.6. The van der Waals surface area contributed by atoms with Crippen LogP contribution in [0.4, 0.5) is 5.69 Å². The zero-order chi connectivity index (χ0) is 29.9. The number of carbonyl (C=O) groups is 4. The number of amides is 4. The number of hydrogen-bond acceptors (Lipinski definition) is 6. The standard InChI is InChI=1S/C32H42N4O5S/c1-42-22-18-27(31(33)39)34-29(37)9-3-2-6-21-41-26-13-10-24(11-14-26)32(40)35-19-16-25(17-20-35)36-28-8-5-4-7-23(28)12-15-30(36)38/h4-5,7-8,10-11,13-14,25,27H,2-3,6,9,12,15-22H2,1H3,(H2,33,39)(H,34,37)/t27-/m0/s1. The molecule has 10 heteroatoms. The number of nitrogens with one attached hydrogen (secondary N) is 1. The van der Waals surface area contributed by atoms with E-state index in [9.17, 15) is 19.2 Å². The first-order valence-electron chi connectivity index (χ1n) is 14.9. The molecule has 4 rings (SSSR count). The smallest absolute Gasteiger partial charge is 0.253 e. The monoisotopic (exact) mass is 594 g/mol. The Morgan fingerprint density at radius 3 is 2.48 bits per heavy atom. The Morgan fingerprint density at radius 2 is 1.76 bits per heavy atom. The third-order valence-electron chi connectivity index (χ3n) is 7.95. The van der Waals surface area contributed by atoms with Gasteiger partial charge in [0, 0.05) is 43.2 Å². The van der Waals surface area contributed by atoms with Crippen LogP contribution in [-0.4, -0.2) is 72.3 Å². The van der Waals surface area contributed by atoms with Gasteiger partial charge in [-0.25, -0.2) is 0 Å². The number of hydrogen-bond donors (Lipinski definition) is 2. The van der Waals surface area contributed by atoms with Crippen molar-refractivity contribution in [1.82, 2.24) is 10.2 Å². The number of carbonyl (C=O) groups excluding carboxylic acids is 4. The van der Waals surface area contributed by atoms with Gasteiger partial charge < -0.3 is 25.6 Å². The number of rotatable bonds is 14. The van der Waals surface area contributed by atoms with Gasteiger partial charge in [-0.15, -0.1) is 0 Å². The van der Waals surface area contributed by atoms with Crippen LogP contribution in [0.2, 0.25) is 0 Å². The molecule has 1 fully saturated rings. The number of piperidine rings is 1. The number of unbranched alkanes of at least 4 members (excludes halogenated alkanes) is 2. The normalized spacial score (nSPS) is 16.1. The first-order chi connectivity index (χ1) is 20.4. The van der Waals surface area contributed by atoms with E-state index in [4.69, 9.17) is 10.5 Å². The summed E-state index contributed by atoms with van der Waals surface area (Å²) in [5.41, 5.74) is 8.24. The van der Waals surface area contributed by atoms with Crippen LogP contribution in [0.3, 0.4) is 0 Å². The fourth-order valence-electron chi connectivity index (χ4n) is 5.60. The van der Waals surface area contributed by atoms with E-state index in [0.717, 1.165) is 43.5 Å². The number of ether oxygens (including phenoxy) is 1. The van der Waals surface area contributed by atoms with Gasteiger partial charge in [-0.1, -0.05) is 18.2 Å². The van der Waals surface area contributed by atoms with E-state index in [1.807, 2.05) is 46.4 Å². The molecule has 0 unspecified atom stereocenters. The molecule has 0 spiro atoms. The van der Waals surface area contributed by atoms with Gasteiger partial charge in [0.15, 0.2) is 0 Å². The van der Waals surface area contributed by atoms with Crippen molar-refractivity contribution in [3.63, 3.8) is 0 Å². The van der Waals surface area contributed by atoms with Crippen LogP contribution in [0, 0.1) is 0 Å². The van der Waals surface area contributed by atoms with Crippen LogP contribution >= 0.6 is 11.8 Å². The number of nitrogens with zero attached hydrogens (tertiary/aromatic N) is 2. The third kappa shape index (κ3) is 8.50. The summed E-state index contributed by atoms with van der Waals surface area (Å²) in [7, 11) is 0. The highest BCUT2D eigenvalue weighted by molar-refractivity contribution is 7.98. The van der Waals surface area contributed by atoms with Crippen LogP contribution in [-0.2, 0) is 20.8 Å². The molecular formula is C32H42N4O5S. The molecule has 0 radical (unpaired) electrons. The van der Waals surface area contributed by atoms with E-state index in [0.29, 0.717) is 56.7 Å². The number of aryl methyl sites for hydroxylation is 1. The second-order valence-electron chi connectivity index (χ2n) is 10.9. The predicted molar refractivity (Wildman–Crippen MR) is 166 cm³/mol. The molecule has 2 aromatic rings. The maximum atomic E-state index is 13.1. The third-order valence-corrected chi connectivity index (χ3v) is 8.60. The molecule has 226 valence electrons. The van der Waals surface area contributed by atoms with Gasteiger partial charge in [0.1, 0.15) is 11.8 Å². The van der Waals surface area contributed by atoms with E-state index in [-0.39, 0.29) is 23.8 Å². The van der Waals surface area contributed by atoms with E-state index in [2.05, 4.69) is 11.4 Å². The van der Waals surface area contributed by atoms with Gasteiger partial charge in [-0.2, -0.15) is 11.8 Å². The Balaban J connectivity index is 1.15. The molecule has 0 bridgehead atoms. The molecule has 2 aliphatic heterocycles. The molecule has 0 aromatic heterocycles. The summed E-state index contributed by atoms with van der Waals surface area (Å²) < 4.78 is 5.83. The molecule has 42 heavy (non-hydrogen) atoms. The van der Waals surface area contributed by atoms with Crippen LogP contribution < -0.4 is 20.7 Å². The predicted octanol–water partition coefficient (Wildman–Crippen LogP) is 3.93. The molecule has 1 saturated heterocycles. The molecule has 4 amide bonds. The lowest BCUT2D eigenvalue weighted by atomic mass is 9.95. The number of thioether (sulfide) groups is 1. The van der Waals surface area contributed by atoms with Crippen molar-refractivity contribution in [3.05, 3.63) is 59.7 Å². The Kier molecular flexibility index (Phi) is 11.7. The highest BCUT2D eigenvalue weighted by Crippen LogP contribution is 2.32. The summed E-state index contributed by atoms with van der Waals surface area (Å²) in [5.74, 6) is 0.974. The van der Waals surface area contributed by atoms with Gasteiger partial charge in [-0.3, -0.25) is 19.2 Å². The number of benzene rings is 2. The minimum Gasteiger partial charge on any atom is -0.494 e. The average molecular weight is 595 g/mol. The van der Waals surface area contributed by atoms with Crippen LogP contribution in [0.1, 0.15) is 67.3 Å². The number of primary amides is 1. The molecule has 0 aliphatic carbocycles. The SMILES string of the molecule is CSCC[C@H](NC(=O)CCCCCOc1ccc(C(=O)N2CCC(N3C(=O)CCc4ccccc43)CC2)cc1)C(N)=O. The minimum absolute atomic E-state index is 0.00401. The quantitative estimate of drug-likeness (QED) is 0.320. The van der Waals surface area contributed by atoms with Gasteiger partial charge in [0.25, 0.3) is 5.91 Å². The van der Waals surface area contributed by atoms with Gasteiger partial charge in [-0.05, 0) is 92.8 Å². The molecule has 1 atom stereocenters. The largest absolute Gasteiger partial charge is 0.494 e. The van der Waals surface area contributed by atoms with E-state index >= 15 is 0 Å². The first-order valence-corrected chi connectivity index (χ1v) is 16.3. The van der Waals surface area contributed by atoms with E-state index in [1.54, 1.807) is 23.9 Å². The van der Waals surface area contributed by atoms with Crippen molar-refractivity contribution < 1.29 is 23.9 Å². The maximum absolute atomic E-state index is 13.1. The Bertz CT molecular complexity index is 1230. The number of fused-ring (bicyclic) bond motifs is 1. The lowest BCUT2D eigenvalue weighted by molar-refractivity contribution is -0.127. The second-order valence-corrected chi connectivity index (χ2v) is 11.9. The lowest BCUT2D eigenvalue weighted by Crippen LogP contribution is -2.50. The fourth-order valence-corrected chi connectivity index (χ4v) is 6.07. The Hall–Kier alpha value is -3.53. The molecular weight excluding hydrogens is 552 g/mol. The molecule has 2 aromatic carbocycles. The summed E-state index contributed by atoms with van der Waals surface area (Å²) in [6.45, 7) is 1.75. The molecule has 3 N–H and O–H groups in total. The summed E-state index contributed by atoms with van der Waals surface area (Å²) in [6.07, 6.45) is 8.00. The minimum atomic E-state index is -0.613. The summed E-state index contributed by atoms with van der Waals surface area (Å²) in [4.78, 5) is 53.4. The summed E-state index contributed by atoms with van der Waals surface area (Å²) >= 11 is 1.61. The van der Waals surface area contributed by atoms with Gasteiger partial charge >= 0.3 is 0 Å². The number of anilines is 1. The summed E-state index contributed by atoms with van der Waals surface area (Å²) in [5, 5.41) is 2.72. The zero-order valence-electron chi connectivity index (χ0n) is 24.4. The lowest BCUT2D eigenvalue weighted by Gasteiger charge is -2.41. The molecule has 0 saturated carbocycles. The molecule has 9 nitrogen and oxygen atoms in total. The molecule has 2 heterocycles. The fraction of sp³-hybridized carbons (Fsp3) is 0.500. The molecule has 2 aliphatic rings. The Labute approximate surface area is 252 Å². The number of para-hydroxylation sites is 1. The Morgan fingerprint density at radius 1 is 1.02 bits per heavy atom. The maximum Gasteiger partial charge on any atom is 0.253 e. The van der Waals surface area contributed by atoms with Crippen molar-refractivity contribution >= 4 is 41.1 Å². The van der Waals surface area contributed by atoms with Crippen LogP contribution in [0.5, 0.6) is 5.75 Å². The van der Waals surface area contributed by atoms with Crippen molar-refractivity contribution in [2.45, 2.75) is 69.9 Å².